The Morgan fingerprint density at radius 2 is 2.11 bits per heavy atom. The molecule has 2 rings (SSSR count). The van der Waals surface area contributed by atoms with E-state index in [0.29, 0.717) is 30.3 Å². The lowest BCUT2D eigenvalue weighted by molar-refractivity contribution is 0.571. The van der Waals surface area contributed by atoms with Crippen molar-refractivity contribution in [3.8, 4) is 0 Å². The van der Waals surface area contributed by atoms with E-state index in [1.165, 1.54) is 0 Å². The third kappa shape index (κ3) is 3.32. The Balaban J connectivity index is 2.23. The van der Waals surface area contributed by atoms with Crippen LogP contribution in [0.25, 0.3) is 0 Å². The van der Waals surface area contributed by atoms with Crippen molar-refractivity contribution >= 4 is 21.5 Å². The van der Waals surface area contributed by atoms with Crippen molar-refractivity contribution in [2.45, 2.75) is 32.2 Å². The average Bonchev–Trinajstić information content (AvgIpc) is 2.62. The highest BCUT2D eigenvalue weighted by atomic mass is 32.2. The Morgan fingerprint density at radius 1 is 1.42 bits per heavy atom. The predicted molar refractivity (Wildman–Crippen MR) is 74.5 cm³/mol. The van der Waals surface area contributed by atoms with Gasteiger partial charge in [0.25, 0.3) is 0 Å². The molecular weight excluding hydrogens is 266 g/mol. The van der Waals surface area contributed by atoms with Crippen LogP contribution >= 0.6 is 0 Å². The van der Waals surface area contributed by atoms with Crippen LogP contribution < -0.4 is 16.6 Å². The van der Waals surface area contributed by atoms with Crippen LogP contribution in [0.3, 0.4) is 0 Å². The highest BCUT2D eigenvalue weighted by molar-refractivity contribution is 7.91. The van der Waals surface area contributed by atoms with Gasteiger partial charge in [-0.15, -0.1) is 0 Å². The summed E-state index contributed by atoms with van der Waals surface area (Å²) < 4.78 is 23.2. The lowest BCUT2D eigenvalue weighted by Gasteiger charge is -2.25. The molecular formula is C11H19N5O2S. The van der Waals surface area contributed by atoms with Gasteiger partial charge in [-0.25, -0.2) is 24.2 Å². The van der Waals surface area contributed by atoms with Crippen LogP contribution in [0.1, 0.15) is 26.1 Å². The van der Waals surface area contributed by atoms with E-state index in [1.807, 2.05) is 13.8 Å². The lowest BCUT2D eigenvalue weighted by Crippen LogP contribution is -2.36. The fourth-order valence-electron chi connectivity index (χ4n) is 2.21. The molecule has 106 valence electrons. The summed E-state index contributed by atoms with van der Waals surface area (Å²) in [6.07, 6.45) is 1.26. The standard InChI is InChI=1S/C11H19N5O2S/c1-3-8-13-9(6-10(14-8)16-12)15-11(2)4-5-19(17,18)7-11/h6H,3-5,7,12H2,1-2H3,(H2,13,14,15,16). The summed E-state index contributed by atoms with van der Waals surface area (Å²) in [6, 6.07) is 1.68. The predicted octanol–water partition coefficient (Wildman–Crippen LogP) is 0.314. The van der Waals surface area contributed by atoms with E-state index in [2.05, 4.69) is 20.7 Å². The summed E-state index contributed by atoms with van der Waals surface area (Å²) >= 11 is 0. The van der Waals surface area contributed by atoms with E-state index >= 15 is 0 Å². The molecule has 1 unspecified atom stereocenters. The number of anilines is 2. The molecule has 19 heavy (non-hydrogen) atoms. The molecule has 1 aliphatic heterocycles. The number of aryl methyl sites for hydroxylation is 1. The second-order valence-electron chi connectivity index (χ2n) is 5.08. The Bertz CT molecular complexity index is 552. The molecule has 8 heteroatoms. The Kier molecular flexibility index (Phi) is 3.64. The molecule has 1 aromatic heterocycles. The van der Waals surface area contributed by atoms with Gasteiger partial charge in [0.15, 0.2) is 9.84 Å². The minimum Gasteiger partial charge on any atom is -0.364 e. The van der Waals surface area contributed by atoms with Crippen molar-refractivity contribution in [3.63, 3.8) is 0 Å². The van der Waals surface area contributed by atoms with Crippen LogP contribution in [0.15, 0.2) is 6.07 Å². The first kappa shape index (κ1) is 14.0. The molecule has 0 saturated carbocycles. The minimum atomic E-state index is -2.95. The molecule has 1 aliphatic rings. The second-order valence-corrected chi connectivity index (χ2v) is 7.26. The van der Waals surface area contributed by atoms with Gasteiger partial charge >= 0.3 is 0 Å². The fourth-order valence-corrected chi connectivity index (χ4v) is 4.30. The van der Waals surface area contributed by atoms with Crippen molar-refractivity contribution in [2.24, 2.45) is 5.84 Å². The van der Waals surface area contributed by atoms with E-state index in [4.69, 9.17) is 5.84 Å². The zero-order valence-corrected chi connectivity index (χ0v) is 11.9. The van der Waals surface area contributed by atoms with Crippen molar-refractivity contribution in [1.82, 2.24) is 9.97 Å². The van der Waals surface area contributed by atoms with Crippen LogP contribution in [0.5, 0.6) is 0 Å². The van der Waals surface area contributed by atoms with Gasteiger partial charge in [-0.05, 0) is 13.3 Å². The quantitative estimate of drug-likeness (QED) is 0.539. The number of nitrogens with one attached hydrogen (secondary N) is 2. The zero-order chi connectivity index (χ0) is 14.1. The average molecular weight is 285 g/mol. The SMILES string of the molecule is CCc1nc(NN)cc(NC2(C)CCS(=O)(=O)C2)n1. The molecule has 1 fully saturated rings. The summed E-state index contributed by atoms with van der Waals surface area (Å²) in [5, 5.41) is 3.20. The third-order valence-corrected chi connectivity index (χ3v) is 5.07. The molecule has 0 amide bonds. The first-order valence-electron chi connectivity index (χ1n) is 6.19. The molecule has 0 spiro atoms. The molecule has 7 nitrogen and oxygen atoms in total. The number of sulfone groups is 1. The minimum absolute atomic E-state index is 0.122. The summed E-state index contributed by atoms with van der Waals surface area (Å²) in [5.74, 6) is 7.46. The molecule has 1 saturated heterocycles. The van der Waals surface area contributed by atoms with E-state index in [-0.39, 0.29) is 11.5 Å². The smallest absolute Gasteiger partial charge is 0.152 e. The Morgan fingerprint density at radius 3 is 2.63 bits per heavy atom. The van der Waals surface area contributed by atoms with Crippen molar-refractivity contribution in [1.29, 1.82) is 0 Å². The largest absolute Gasteiger partial charge is 0.364 e. The van der Waals surface area contributed by atoms with Crippen LogP contribution in [0.2, 0.25) is 0 Å². The van der Waals surface area contributed by atoms with E-state index in [9.17, 15) is 8.42 Å². The molecule has 2 heterocycles. The second kappa shape index (κ2) is 4.93. The normalized spacial score (nSPS) is 25.2. The number of aromatic nitrogens is 2. The van der Waals surface area contributed by atoms with Crippen molar-refractivity contribution in [3.05, 3.63) is 11.9 Å². The third-order valence-electron chi connectivity index (χ3n) is 3.17. The molecule has 0 bridgehead atoms. The van der Waals surface area contributed by atoms with Crippen molar-refractivity contribution in [2.75, 3.05) is 22.2 Å². The number of hydrogen-bond donors (Lipinski definition) is 3. The van der Waals surface area contributed by atoms with Gasteiger partial charge in [-0.1, -0.05) is 6.92 Å². The first-order valence-corrected chi connectivity index (χ1v) is 8.01. The number of rotatable bonds is 4. The molecule has 1 aromatic rings. The highest BCUT2D eigenvalue weighted by Gasteiger charge is 2.38. The molecule has 4 N–H and O–H groups in total. The maximum absolute atomic E-state index is 11.6. The van der Waals surface area contributed by atoms with E-state index in [0.717, 1.165) is 0 Å². The lowest BCUT2D eigenvalue weighted by atomic mass is 10.0. The van der Waals surface area contributed by atoms with Gasteiger partial charge in [-0.3, -0.25) is 0 Å². The summed E-state index contributed by atoms with van der Waals surface area (Å²) in [5.41, 5.74) is 2.00. The monoisotopic (exact) mass is 285 g/mol. The number of nitrogens with two attached hydrogens (primary N) is 1. The van der Waals surface area contributed by atoms with E-state index in [1.54, 1.807) is 6.07 Å². The maximum Gasteiger partial charge on any atom is 0.152 e. The number of nitrogens with zero attached hydrogens (tertiary/aromatic N) is 2. The topological polar surface area (TPSA) is 110 Å². The van der Waals surface area contributed by atoms with Gasteiger partial charge in [0.1, 0.15) is 17.5 Å². The zero-order valence-electron chi connectivity index (χ0n) is 11.1. The van der Waals surface area contributed by atoms with Crippen LogP contribution in [-0.2, 0) is 16.3 Å². The summed E-state index contributed by atoms with van der Waals surface area (Å²) in [7, 11) is -2.95. The van der Waals surface area contributed by atoms with Gasteiger partial charge in [0, 0.05) is 12.5 Å². The first-order chi connectivity index (χ1) is 8.86. The Labute approximate surface area is 112 Å². The van der Waals surface area contributed by atoms with Crippen molar-refractivity contribution < 1.29 is 8.42 Å². The molecule has 0 aliphatic carbocycles. The number of hydrogen-bond acceptors (Lipinski definition) is 7. The van der Waals surface area contributed by atoms with Crippen LogP contribution in [0, 0.1) is 0 Å². The van der Waals surface area contributed by atoms with Gasteiger partial charge in [0.2, 0.25) is 0 Å². The summed E-state index contributed by atoms with van der Waals surface area (Å²) in [6.45, 7) is 3.84. The van der Waals surface area contributed by atoms with E-state index < -0.39 is 15.4 Å². The Hall–Kier alpha value is -1.41. The maximum atomic E-state index is 11.6. The van der Waals surface area contributed by atoms with Crippen LogP contribution in [0.4, 0.5) is 11.6 Å². The molecule has 1 atom stereocenters. The number of nitrogen functional groups attached to an aromatic ring is 1. The molecule has 0 aromatic carbocycles. The van der Waals surface area contributed by atoms with Gasteiger partial charge < -0.3 is 10.7 Å². The van der Waals surface area contributed by atoms with Gasteiger partial charge in [0.05, 0.1) is 17.0 Å². The van der Waals surface area contributed by atoms with Crippen LogP contribution in [-0.4, -0.2) is 35.4 Å². The molecule has 0 radical (unpaired) electrons. The fraction of sp³-hybridized carbons (Fsp3) is 0.636. The number of hydrazine groups is 1. The highest BCUT2D eigenvalue weighted by Crippen LogP contribution is 2.27. The van der Waals surface area contributed by atoms with Gasteiger partial charge in [-0.2, -0.15) is 0 Å². The summed E-state index contributed by atoms with van der Waals surface area (Å²) in [4.78, 5) is 8.53.